The molecule has 1 aliphatic rings. The van der Waals surface area contributed by atoms with Gasteiger partial charge in [-0.15, -0.1) is 0 Å². The quantitative estimate of drug-likeness (QED) is 0.393. The topological polar surface area (TPSA) is 109 Å². The van der Waals surface area contributed by atoms with E-state index in [1.807, 2.05) is 23.1 Å². The van der Waals surface area contributed by atoms with Crippen LogP contribution in [0.4, 0.5) is 27.4 Å². The third kappa shape index (κ3) is 6.48. The smallest absolute Gasteiger partial charge is 0.283 e. The predicted molar refractivity (Wildman–Crippen MR) is 143 cm³/mol. The Balaban J connectivity index is 1.48. The maximum absolute atomic E-state index is 13.0. The molecule has 2 aromatic carbocycles. The number of hydrogen-bond acceptors (Lipinski definition) is 8. The maximum Gasteiger partial charge on any atom is 0.283 e. The summed E-state index contributed by atoms with van der Waals surface area (Å²) in [5.41, 5.74) is 1.91. The number of ether oxygens (including phenoxy) is 2. The van der Waals surface area contributed by atoms with E-state index in [9.17, 15) is 14.0 Å². The van der Waals surface area contributed by atoms with Crippen LogP contribution in [0.25, 0.3) is 0 Å². The number of benzene rings is 2. The van der Waals surface area contributed by atoms with E-state index in [4.69, 9.17) is 21.1 Å². The van der Waals surface area contributed by atoms with Crippen LogP contribution < -0.4 is 25.0 Å². The highest BCUT2D eigenvalue weighted by atomic mass is 35.5. The zero-order chi connectivity index (χ0) is 27.2. The zero-order valence-corrected chi connectivity index (χ0v) is 21.6. The number of nitrogens with one attached hydrogen (secondary N) is 2. The lowest BCUT2D eigenvalue weighted by atomic mass is 10.2. The first-order valence-electron chi connectivity index (χ1n) is 11.6. The van der Waals surface area contributed by atoms with Crippen LogP contribution in [-0.2, 0) is 9.59 Å². The monoisotopic (exact) mass is 540 g/mol. The Kier molecular flexibility index (Phi) is 8.27. The van der Waals surface area contributed by atoms with Crippen LogP contribution in [0.5, 0.6) is 17.4 Å². The molecule has 0 aliphatic carbocycles. The van der Waals surface area contributed by atoms with Crippen molar-refractivity contribution in [2.45, 2.75) is 6.92 Å². The summed E-state index contributed by atoms with van der Waals surface area (Å²) in [7, 11) is 1.57. The molecule has 0 radical (unpaired) electrons. The average Bonchev–Trinajstić information content (AvgIpc) is 2.91. The van der Waals surface area contributed by atoms with Gasteiger partial charge in [0.05, 0.1) is 19.0 Å². The van der Waals surface area contributed by atoms with Crippen molar-refractivity contribution in [1.29, 1.82) is 0 Å². The number of carbonyl (C=O) groups excluding carboxylic acids is 2. The Morgan fingerprint density at radius 2 is 1.89 bits per heavy atom. The fourth-order valence-corrected chi connectivity index (χ4v) is 3.94. The van der Waals surface area contributed by atoms with Gasteiger partial charge in [0.2, 0.25) is 17.7 Å². The summed E-state index contributed by atoms with van der Waals surface area (Å²) in [5.74, 6) is -0.807. The second-order valence-electron chi connectivity index (χ2n) is 8.34. The summed E-state index contributed by atoms with van der Waals surface area (Å²) in [6.45, 7) is 7.34. The third-order valence-corrected chi connectivity index (χ3v) is 6.05. The minimum atomic E-state index is -1.11. The molecule has 1 aliphatic heterocycles. The van der Waals surface area contributed by atoms with Gasteiger partial charge in [-0.1, -0.05) is 24.2 Å². The lowest BCUT2D eigenvalue weighted by Gasteiger charge is -2.35. The van der Waals surface area contributed by atoms with Gasteiger partial charge in [0.1, 0.15) is 16.5 Å². The number of carbonyl (C=O) groups is 2. The van der Waals surface area contributed by atoms with Gasteiger partial charge >= 0.3 is 0 Å². The Labute approximate surface area is 224 Å². The van der Waals surface area contributed by atoms with E-state index in [1.165, 1.54) is 12.3 Å². The fraction of sp³-hybridized carbons (Fsp3) is 0.231. The standard InChI is InChI=1S/C26H26ClFN6O4/c1-16(28)24(36)30-18-5-4-6-20(13-18)38-25-21(27)15-29-26(32-25)31-22-8-7-19(14-23(22)37-3)34-11-9-33(10-12-34)17(2)35/h4-8,13-15H,1,9-12H2,2-3H3,(H,30,36)(H,29,31,32). The highest BCUT2D eigenvalue weighted by Crippen LogP contribution is 2.34. The van der Waals surface area contributed by atoms with Gasteiger partial charge in [-0.3, -0.25) is 9.59 Å². The maximum atomic E-state index is 13.0. The normalized spacial score (nSPS) is 13.1. The van der Waals surface area contributed by atoms with Gasteiger partial charge in [0.15, 0.2) is 5.83 Å². The third-order valence-electron chi connectivity index (χ3n) is 5.79. The molecule has 4 rings (SSSR count). The minimum absolute atomic E-state index is 0.0708. The summed E-state index contributed by atoms with van der Waals surface area (Å²) in [6.07, 6.45) is 1.39. The Bertz CT molecular complexity index is 1360. The van der Waals surface area contributed by atoms with Gasteiger partial charge in [-0.2, -0.15) is 4.98 Å². The summed E-state index contributed by atoms with van der Waals surface area (Å²) < 4.78 is 24.4. The summed E-state index contributed by atoms with van der Waals surface area (Å²) >= 11 is 6.25. The molecule has 198 valence electrons. The first kappa shape index (κ1) is 26.7. The van der Waals surface area contributed by atoms with E-state index in [0.29, 0.717) is 36.0 Å². The second-order valence-corrected chi connectivity index (χ2v) is 8.75. The van der Waals surface area contributed by atoms with Crippen molar-refractivity contribution in [2.24, 2.45) is 0 Å². The van der Waals surface area contributed by atoms with Crippen LogP contribution in [0.3, 0.4) is 0 Å². The van der Waals surface area contributed by atoms with Crippen molar-refractivity contribution in [3.8, 4) is 17.4 Å². The SMILES string of the molecule is C=C(F)C(=O)Nc1cccc(Oc2nc(Nc3ccc(N4CCN(C(C)=O)CC4)cc3OC)ncc2Cl)c1. The van der Waals surface area contributed by atoms with Crippen molar-refractivity contribution in [2.75, 3.05) is 48.8 Å². The summed E-state index contributed by atoms with van der Waals surface area (Å²) in [5, 5.41) is 5.64. The highest BCUT2D eigenvalue weighted by molar-refractivity contribution is 6.31. The van der Waals surface area contributed by atoms with E-state index >= 15 is 0 Å². The van der Waals surface area contributed by atoms with Crippen molar-refractivity contribution < 1.29 is 23.5 Å². The molecule has 38 heavy (non-hydrogen) atoms. The molecule has 3 aromatic rings. The summed E-state index contributed by atoms with van der Waals surface area (Å²) in [4.78, 5) is 35.7. The molecule has 0 unspecified atom stereocenters. The van der Waals surface area contributed by atoms with E-state index in [0.717, 1.165) is 18.8 Å². The van der Waals surface area contributed by atoms with Gasteiger partial charge in [0.25, 0.3) is 5.91 Å². The molecule has 0 atom stereocenters. The van der Waals surface area contributed by atoms with Crippen molar-refractivity contribution in [1.82, 2.24) is 14.9 Å². The first-order valence-corrected chi connectivity index (χ1v) is 12.0. The molecule has 1 saturated heterocycles. The average molecular weight is 541 g/mol. The number of anilines is 4. The molecule has 1 aromatic heterocycles. The molecular weight excluding hydrogens is 515 g/mol. The zero-order valence-electron chi connectivity index (χ0n) is 20.8. The van der Waals surface area contributed by atoms with Crippen LogP contribution in [-0.4, -0.2) is 60.0 Å². The fourth-order valence-electron chi connectivity index (χ4n) is 3.81. The number of nitrogens with zero attached hydrogens (tertiary/aromatic N) is 4. The van der Waals surface area contributed by atoms with E-state index in [1.54, 1.807) is 32.2 Å². The molecule has 12 heteroatoms. The largest absolute Gasteiger partial charge is 0.494 e. The number of aromatic nitrogens is 2. The molecule has 0 spiro atoms. The van der Waals surface area contributed by atoms with Gasteiger partial charge in [-0.05, 0) is 24.3 Å². The number of amides is 2. The number of rotatable bonds is 8. The van der Waals surface area contributed by atoms with Crippen LogP contribution in [0.15, 0.2) is 61.1 Å². The lowest BCUT2D eigenvalue weighted by Crippen LogP contribution is -2.48. The lowest BCUT2D eigenvalue weighted by molar-refractivity contribution is -0.129. The van der Waals surface area contributed by atoms with Gasteiger partial charge in [0, 0.05) is 56.6 Å². The Hall–Kier alpha value is -4.38. The molecular formula is C26H26ClFN6O4. The number of methoxy groups -OCH3 is 1. The molecule has 0 bridgehead atoms. The van der Waals surface area contributed by atoms with Crippen LogP contribution in [0.2, 0.25) is 5.02 Å². The molecule has 2 amide bonds. The number of halogens is 2. The van der Waals surface area contributed by atoms with E-state index in [2.05, 4.69) is 32.1 Å². The van der Waals surface area contributed by atoms with E-state index < -0.39 is 11.7 Å². The molecule has 10 nitrogen and oxygen atoms in total. The van der Waals surface area contributed by atoms with Crippen molar-refractivity contribution in [3.63, 3.8) is 0 Å². The predicted octanol–water partition coefficient (Wildman–Crippen LogP) is 4.76. The molecule has 2 heterocycles. The first-order chi connectivity index (χ1) is 18.2. The minimum Gasteiger partial charge on any atom is -0.494 e. The number of hydrogen-bond donors (Lipinski definition) is 2. The van der Waals surface area contributed by atoms with Crippen LogP contribution in [0, 0.1) is 0 Å². The van der Waals surface area contributed by atoms with Crippen LogP contribution in [0.1, 0.15) is 6.92 Å². The summed E-state index contributed by atoms with van der Waals surface area (Å²) in [6, 6.07) is 12.0. The molecule has 2 N–H and O–H groups in total. The Morgan fingerprint density at radius 3 is 2.58 bits per heavy atom. The molecule has 1 fully saturated rings. The number of piperazine rings is 1. The van der Waals surface area contributed by atoms with Crippen molar-refractivity contribution in [3.05, 3.63) is 66.1 Å². The van der Waals surface area contributed by atoms with Gasteiger partial charge in [-0.25, -0.2) is 9.37 Å². The van der Waals surface area contributed by atoms with Crippen molar-refractivity contribution >= 4 is 46.4 Å². The molecule has 0 saturated carbocycles. The Morgan fingerprint density at radius 1 is 1.13 bits per heavy atom. The van der Waals surface area contributed by atoms with Crippen LogP contribution >= 0.6 is 11.6 Å². The highest BCUT2D eigenvalue weighted by Gasteiger charge is 2.20. The van der Waals surface area contributed by atoms with E-state index in [-0.39, 0.29) is 22.8 Å². The second kappa shape index (κ2) is 11.8. The van der Waals surface area contributed by atoms with Gasteiger partial charge < -0.3 is 29.9 Å².